The van der Waals surface area contributed by atoms with Crippen molar-refractivity contribution in [2.45, 2.75) is 20.3 Å². The minimum absolute atomic E-state index is 0.225. The number of benzene rings is 1. The minimum atomic E-state index is -0.225. The normalized spacial score (nSPS) is 10.4. The van der Waals surface area contributed by atoms with Gasteiger partial charge in [-0.2, -0.15) is 0 Å². The molecule has 0 aliphatic carbocycles. The highest BCUT2D eigenvalue weighted by atomic mass is 32.1. The van der Waals surface area contributed by atoms with E-state index in [4.69, 9.17) is 0 Å². The molecule has 0 saturated carbocycles. The Morgan fingerprint density at radius 1 is 1.28 bits per heavy atom. The number of carbonyl (C=O) groups excluding carboxylic acids is 1. The third-order valence-corrected chi connectivity index (χ3v) is 3.93. The number of aryl methyl sites for hydroxylation is 2. The van der Waals surface area contributed by atoms with Crippen LogP contribution in [0, 0.1) is 13.8 Å². The number of nitrogens with zero attached hydrogens (tertiary/aromatic N) is 1. The highest BCUT2D eigenvalue weighted by molar-refractivity contribution is 7.15. The summed E-state index contributed by atoms with van der Waals surface area (Å²) in [6, 6.07) is 8.23. The summed E-state index contributed by atoms with van der Waals surface area (Å²) in [4.78, 5) is 16.8. The van der Waals surface area contributed by atoms with Gasteiger partial charge in [-0.25, -0.2) is 4.98 Å². The van der Waals surface area contributed by atoms with E-state index in [9.17, 15) is 4.79 Å². The van der Waals surface area contributed by atoms with Crippen LogP contribution in [0.3, 0.4) is 0 Å². The largest absolute Gasteiger partial charge is 0.469 e. The van der Waals surface area contributed by atoms with Crippen molar-refractivity contribution in [2.75, 3.05) is 7.11 Å². The van der Waals surface area contributed by atoms with Crippen LogP contribution in [0.15, 0.2) is 24.3 Å². The van der Waals surface area contributed by atoms with Crippen molar-refractivity contribution in [1.82, 2.24) is 4.98 Å². The second kappa shape index (κ2) is 5.31. The Hall–Kier alpha value is -1.68. The average Bonchev–Trinajstić information content (AvgIpc) is 2.71. The van der Waals surface area contributed by atoms with Crippen LogP contribution in [0.4, 0.5) is 0 Å². The number of methoxy groups -OCH3 is 1. The molecule has 2 rings (SSSR count). The summed E-state index contributed by atoms with van der Waals surface area (Å²) in [6.45, 7) is 3.98. The Labute approximate surface area is 110 Å². The van der Waals surface area contributed by atoms with Gasteiger partial charge < -0.3 is 4.74 Å². The average molecular weight is 261 g/mol. The molecular weight excluding hydrogens is 246 g/mol. The quantitative estimate of drug-likeness (QED) is 0.797. The summed E-state index contributed by atoms with van der Waals surface area (Å²) in [7, 11) is 1.40. The molecule has 1 aromatic heterocycles. The Kier molecular flexibility index (Phi) is 3.77. The molecule has 3 nitrogen and oxygen atoms in total. The van der Waals surface area contributed by atoms with Crippen LogP contribution in [0.2, 0.25) is 0 Å². The van der Waals surface area contributed by atoms with Crippen molar-refractivity contribution in [2.24, 2.45) is 0 Å². The molecule has 0 unspecified atom stereocenters. The predicted octanol–water partition coefficient (Wildman–Crippen LogP) is 3.14. The van der Waals surface area contributed by atoms with Crippen LogP contribution in [0.1, 0.15) is 16.1 Å². The number of ether oxygens (including phenoxy) is 1. The van der Waals surface area contributed by atoms with E-state index in [2.05, 4.69) is 40.9 Å². The summed E-state index contributed by atoms with van der Waals surface area (Å²) in [5, 5.41) is 0.950. The van der Waals surface area contributed by atoms with E-state index < -0.39 is 0 Å². The second-order valence-corrected chi connectivity index (χ2v) is 5.23. The second-order valence-electron chi connectivity index (χ2n) is 4.15. The maximum Gasteiger partial charge on any atom is 0.310 e. The van der Waals surface area contributed by atoms with E-state index in [0.29, 0.717) is 6.42 Å². The van der Waals surface area contributed by atoms with Gasteiger partial charge in [0.1, 0.15) is 5.01 Å². The lowest BCUT2D eigenvalue weighted by molar-refractivity contribution is -0.139. The van der Waals surface area contributed by atoms with Crippen LogP contribution < -0.4 is 0 Å². The summed E-state index contributed by atoms with van der Waals surface area (Å²) in [5.74, 6) is -0.225. The van der Waals surface area contributed by atoms with Crippen molar-refractivity contribution in [3.63, 3.8) is 0 Å². The number of hydrogen-bond acceptors (Lipinski definition) is 4. The molecule has 1 aromatic carbocycles. The lowest BCUT2D eigenvalue weighted by Gasteiger charge is -1.96. The van der Waals surface area contributed by atoms with Crippen LogP contribution in [0.5, 0.6) is 0 Å². The molecule has 2 aromatic rings. The highest BCUT2D eigenvalue weighted by Crippen LogP contribution is 2.28. The molecule has 0 saturated heterocycles. The number of thiazole rings is 1. The first kappa shape index (κ1) is 12.8. The minimum Gasteiger partial charge on any atom is -0.469 e. The maximum atomic E-state index is 11.3. The van der Waals surface area contributed by atoms with E-state index in [1.807, 2.05) is 6.92 Å². The molecule has 1 heterocycles. The lowest BCUT2D eigenvalue weighted by Crippen LogP contribution is -2.03. The first-order valence-corrected chi connectivity index (χ1v) is 6.52. The van der Waals surface area contributed by atoms with Gasteiger partial charge in [0.25, 0.3) is 0 Å². The maximum absolute atomic E-state index is 11.3. The van der Waals surface area contributed by atoms with Crippen LogP contribution in [0.25, 0.3) is 10.6 Å². The first-order valence-electron chi connectivity index (χ1n) is 5.70. The monoisotopic (exact) mass is 261 g/mol. The zero-order valence-electron chi connectivity index (χ0n) is 10.7. The van der Waals surface area contributed by atoms with Crippen molar-refractivity contribution in [1.29, 1.82) is 0 Å². The van der Waals surface area contributed by atoms with Gasteiger partial charge in [0.2, 0.25) is 0 Å². The van der Waals surface area contributed by atoms with Crippen LogP contribution in [-0.2, 0) is 16.0 Å². The Morgan fingerprint density at radius 3 is 2.56 bits per heavy atom. The number of rotatable bonds is 3. The predicted molar refractivity (Wildman–Crippen MR) is 72.7 cm³/mol. The fourth-order valence-electron chi connectivity index (χ4n) is 1.61. The Morgan fingerprint density at radius 2 is 1.94 bits per heavy atom. The zero-order valence-corrected chi connectivity index (χ0v) is 11.5. The molecule has 0 bridgehead atoms. The first-order chi connectivity index (χ1) is 8.60. The molecule has 0 fully saturated rings. The third kappa shape index (κ3) is 2.76. The molecule has 0 spiro atoms. The summed E-state index contributed by atoms with van der Waals surface area (Å²) in [6.07, 6.45) is 0.297. The molecule has 0 amide bonds. The van der Waals surface area contributed by atoms with Gasteiger partial charge in [-0.1, -0.05) is 29.8 Å². The molecule has 94 valence electrons. The Balaban J connectivity index is 2.28. The van der Waals surface area contributed by atoms with Gasteiger partial charge in [0, 0.05) is 10.4 Å². The Bertz CT molecular complexity index is 558. The molecule has 0 aliphatic rings. The van der Waals surface area contributed by atoms with Gasteiger partial charge in [-0.15, -0.1) is 11.3 Å². The number of hydrogen-bond donors (Lipinski definition) is 0. The standard InChI is InChI=1S/C14H15NO2S/c1-9-4-6-11(7-5-9)14-15-10(2)12(18-14)8-13(16)17-3/h4-7H,8H2,1-3H3. The number of esters is 1. The van der Waals surface area contributed by atoms with Crippen molar-refractivity contribution in [3.05, 3.63) is 40.4 Å². The molecule has 0 atom stereocenters. The van der Waals surface area contributed by atoms with Crippen LogP contribution >= 0.6 is 11.3 Å². The topological polar surface area (TPSA) is 39.2 Å². The zero-order chi connectivity index (χ0) is 13.1. The molecule has 0 aliphatic heterocycles. The summed E-state index contributed by atoms with van der Waals surface area (Å²) in [5.41, 5.74) is 3.22. The van der Waals surface area contributed by atoms with E-state index in [1.165, 1.54) is 12.7 Å². The lowest BCUT2D eigenvalue weighted by atomic mass is 10.2. The van der Waals surface area contributed by atoms with E-state index in [0.717, 1.165) is 21.1 Å². The van der Waals surface area contributed by atoms with Gasteiger partial charge in [0.05, 0.1) is 19.2 Å². The molecule has 0 N–H and O–H groups in total. The van der Waals surface area contributed by atoms with E-state index in [1.54, 1.807) is 11.3 Å². The number of aromatic nitrogens is 1. The highest BCUT2D eigenvalue weighted by Gasteiger charge is 2.12. The SMILES string of the molecule is COC(=O)Cc1sc(-c2ccc(C)cc2)nc1C. The fraction of sp³-hybridized carbons (Fsp3) is 0.286. The number of carbonyl (C=O) groups is 1. The molecular formula is C14H15NO2S. The van der Waals surface area contributed by atoms with Gasteiger partial charge in [0.15, 0.2) is 0 Å². The van der Waals surface area contributed by atoms with Crippen molar-refractivity contribution in [3.8, 4) is 10.6 Å². The van der Waals surface area contributed by atoms with Gasteiger partial charge in [-0.3, -0.25) is 4.79 Å². The third-order valence-electron chi connectivity index (χ3n) is 2.72. The van der Waals surface area contributed by atoms with E-state index in [-0.39, 0.29) is 5.97 Å². The smallest absolute Gasteiger partial charge is 0.310 e. The van der Waals surface area contributed by atoms with Gasteiger partial charge in [-0.05, 0) is 13.8 Å². The van der Waals surface area contributed by atoms with Crippen LogP contribution in [-0.4, -0.2) is 18.1 Å². The van der Waals surface area contributed by atoms with E-state index >= 15 is 0 Å². The molecule has 0 radical (unpaired) electrons. The molecule has 18 heavy (non-hydrogen) atoms. The van der Waals surface area contributed by atoms with Gasteiger partial charge >= 0.3 is 5.97 Å². The van der Waals surface area contributed by atoms with Crippen molar-refractivity contribution < 1.29 is 9.53 Å². The fourth-order valence-corrected chi connectivity index (χ4v) is 2.67. The summed E-state index contributed by atoms with van der Waals surface area (Å²) >= 11 is 1.55. The molecule has 4 heteroatoms. The summed E-state index contributed by atoms with van der Waals surface area (Å²) < 4.78 is 4.68. The van der Waals surface area contributed by atoms with Crippen molar-refractivity contribution >= 4 is 17.3 Å².